The van der Waals surface area contributed by atoms with Gasteiger partial charge in [-0.3, -0.25) is 0 Å². The predicted octanol–water partition coefficient (Wildman–Crippen LogP) is 3.33. The van der Waals surface area contributed by atoms with Gasteiger partial charge in [-0.2, -0.15) is 0 Å². The SMILES string of the molecule is CCC1CCC(c2nc(N)c(C)s2)C1. The summed E-state index contributed by atoms with van der Waals surface area (Å²) in [5, 5.41) is 1.27. The Morgan fingerprint density at radius 2 is 2.29 bits per heavy atom. The quantitative estimate of drug-likeness (QED) is 0.813. The fourth-order valence-electron chi connectivity index (χ4n) is 2.27. The van der Waals surface area contributed by atoms with Crippen LogP contribution in [0.25, 0.3) is 0 Å². The van der Waals surface area contributed by atoms with Gasteiger partial charge >= 0.3 is 0 Å². The highest BCUT2D eigenvalue weighted by molar-refractivity contribution is 7.12. The fraction of sp³-hybridized carbons (Fsp3) is 0.727. The van der Waals surface area contributed by atoms with Gasteiger partial charge in [0.25, 0.3) is 0 Å². The molecule has 0 amide bonds. The highest BCUT2D eigenvalue weighted by Crippen LogP contribution is 2.41. The highest BCUT2D eigenvalue weighted by Gasteiger charge is 2.27. The van der Waals surface area contributed by atoms with Crippen molar-refractivity contribution in [2.75, 3.05) is 5.73 Å². The zero-order chi connectivity index (χ0) is 10.1. The molecule has 2 rings (SSSR count). The van der Waals surface area contributed by atoms with Gasteiger partial charge in [0.2, 0.25) is 0 Å². The summed E-state index contributed by atoms with van der Waals surface area (Å²) in [6.07, 6.45) is 5.32. The fourth-order valence-corrected chi connectivity index (χ4v) is 3.26. The van der Waals surface area contributed by atoms with Gasteiger partial charge in [0.05, 0.1) is 5.01 Å². The molecule has 2 N–H and O–H groups in total. The first-order valence-corrected chi connectivity index (χ1v) is 6.25. The molecule has 0 radical (unpaired) electrons. The minimum Gasteiger partial charge on any atom is -0.383 e. The third-order valence-electron chi connectivity index (χ3n) is 3.32. The van der Waals surface area contributed by atoms with E-state index < -0.39 is 0 Å². The molecule has 2 nitrogen and oxygen atoms in total. The molecular weight excluding hydrogens is 192 g/mol. The molecule has 0 aromatic carbocycles. The normalized spacial score (nSPS) is 27.0. The maximum absolute atomic E-state index is 5.77. The summed E-state index contributed by atoms with van der Waals surface area (Å²) in [5.41, 5.74) is 5.77. The second kappa shape index (κ2) is 3.89. The van der Waals surface area contributed by atoms with Crippen LogP contribution >= 0.6 is 11.3 Å². The molecule has 1 fully saturated rings. The lowest BCUT2D eigenvalue weighted by atomic mass is 10.0. The molecule has 2 atom stereocenters. The topological polar surface area (TPSA) is 38.9 Å². The maximum Gasteiger partial charge on any atom is 0.137 e. The summed E-state index contributed by atoms with van der Waals surface area (Å²) in [6, 6.07) is 0. The van der Waals surface area contributed by atoms with Crippen molar-refractivity contribution in [1.29, 1.82) is 0 Å². The van der Waals surface area contributed by atoms with Crippen molar-refractivity contribution in [2.24, 2.45) is 5.92 Å². The van der Waals surface area contributed by atoms with E-state index in [1.54, 1.807) is 11.3 Å². The van der Waals surface area contributed by atoms with E-state index in [1.807, 2.05) is 0 Å². The molecule has 0 bridgehead atoms. The summed E-state index contributed by atoms with van der Waals surface area (Å²) >= 11 is 1.79. The van der Waals surface area contributed by atoms with Crippen molar-refractivity contribution in [1.82, 2.24) is 4.98 Å². The predicted molar refractivity (Wildman–Crippen MR) is 61.6 cm³/mol. The number of thiazole rings is 1. The average molecular weight is 210 g/mol. The Morgan fingerprint density at radius 3 is 2.79 bits per heavy atom. The maximum atomic E-state index is 5.77. The number of hydrogen-bond acceptors (Lipinski definition) is 3. The molecule has 1 aromatic heterocycles. The number of hydrogen-bond donors (Lipinski definition) is 1. The molecule has 0 spiro atoms. The van der Waals surface area contributed by atoms with Gasteiger partial charge in [0.1, 0.15) is 5.82 Å². The Bertz CT molecular complexity index is 300. The van der Waals surface area contributed by atoms with E-state index in [1.165, 1.54) is 35.6 Å². The van der Waals surface area contributed by atoms with Crippen LogP contribution in [-0.4, -0.2) is 4.98 Å². The van der Waals surface area contributed by atoms with Crippen molar-refractivity contribution in [3.05, 3.63) is 9.88 Å². The summed E-state index contributed by atoms with van der Waals surface area (Å²) < 4.78 is 0. The Balaban J connectivity index is 2.09. The van der Waals surface area contributed by atoms with Crippen LogP contribution in [0.5, 0.6) is 0 Å². The molecule has 1 aromatic rings. The molecule has 0 saturated heterocycles. The lowest BCUT2D eigenvalue weighted by Gasteiger charge is -2.05. The third-order valence-corrected chi connectivity index (χ3v) is 4.47. The number of nitrogen functional groups attached to an aromatic ring is 1. The number of nitrogens with zero attached hydrogens (tertiary/aromatic N) is 1. The number of aryl methyl sites for hydroxylation is 1. The summed E-state index contributed by atoms with van der Waals surface area (Å²) in [4.78, 5) is 5.64. The molecule has 3 heteroatoms. The molecule has 1 aliphatic rings. The largest absolute Gasteiger partial charge is 0.383 e. The average Bonchev–Trinajstić information content (AvgIpc) is 2.74. The summed E-state index contributed by atoms with van der Waals surface area (Å²) in [7, 11) is 0. The van der Waals surface area contributed by atoms with Crippen LogP contribution in [0.1, 0.15) is 48.4 Å². The van der Waals surface area contributed by atoms with Gasteiger partial charge < -0.3 is 5.73 Å². The van der Waals surface area contributed by atoms with Crippen LogP contribution in [0, 0.1) is 12.8 Å². The number of aromatic nitrogens is 1. The van der Waals surface area contributed by atoms with E-state index in [0.29, 0.717) is 5.92 Å². The van der Waals surface area contributed by atoms with Gasteiger partial charge in [0.15, 0.2) is 0 Å². The highest BCUT2D eigenvalue weighted by atomic mass is 32.1. The summed E-state index contributed by atoms with van der Waals surface area (Å²) in [5.74, 6) is 2.36. The second-order valence-electron chi connectivity index (χ2n) is 4.28. The standard InChI is InChI=1S/C11H18N2S/c1-3-8-4-5-9(6-8)11-13-10(12)7(2)14-11/h8-9H,3-6,12H2,1-2H3. The molecule has 1 saturated carbocycles. The minimum absolute atomic E-state index is 0.695. The van der Waals surface area contributed by atoms with Gasteiger partial charge in [-0.1, -0.05) is 13.3 Å². The van der Waals surface area contributed by atoms with Crippen LogP contribution in [0.4, 0.5) is 5.82 Å². The van der Waals surface area contributed by atoms with Crippen LogP contribution in [0.15, 0.2) is 0 Å². The van der Waals surface area contributed by atoms with Crippen molar-refractivity contribution < 1.29 is 0 Å². The second-order valence-corrected chi connectivity index (χ2v) is 5.51. The Labute approximate surface area is 89.5 Å². The van der Waals surface area contributed by atoms with Gasteiger partial charge in [-0.05, 0) is 32.1 Å². The molecule has 0 aliphatic heterocycles. The summed E-state index contributed by atoms with van der Waals surface area (Å²) in [6.45, 7) is 4.34. The van der Waals surface area contributed by atoms with Crippen molar-refractivity contribution >= 4 is 17.2 Å². The molecule has 14 heavy (non-hydrogen) atoms. The van der Waals surface area contributed by atoms with Gasteiger partial charge in [-0.25, -0.2) is 4.98 Å². The van der Waals surface area contributed by atoms with Crippen molar-refractivity contribution in [3.63, 3.8) is 0 Å². The third kappa shape index (κ3) is 1.78. The van der Waals surface area contributed by atoms with Crippen molar-refractivity contribution in [3.8, 4) is 0 Å². The van der Waals surface area contributed by atoms with Crippen LogP contribution in [0.2, 0.25) is 0 Å². The zero-order valence-electron chi connectivity index (χ0n) is 8.92. The zero-order valence-corrected chi connectivity index (χ0v) is 9.73. The Morgan fingerprint density at radius 1 is 1.50 bits per heavy atom. The van der Waals surface area contributed by atoms with E-state index >= 15 is 0 Å². The minimum atomic E-state index is 0.695. The number of rotatable bonds is 2. The lowest BCUT2D eigenvalue weighted by Crippen LogP contribution is -1.95. The monoisotopic (exact) mass is 210 g/mol. The number of nitrogens with two attached hydrogens (primary N) is 1. The first-order chi connectivity index (χ1) is 6.70. The first kappa shape index (κ1) is 9.97. The van der Waals surface area contributed by atoms with Crippen LogP contribution in [-0.2, 0) is 0 Å². The molecule has 1 aliphatic carbocycles. The van der Waals surface area contributed by atoms with E-state index in [0.717, 1.165) is 11.7 Å². The van der Waals surface area contributed by atoms with E-state index in [-0.39, 0.29) is 0 Å². The Kier molecular flexibility index (Phi) is 2.77. The van der Waals surface area contributed by atoms with Gasteiger partial charge in [0, 0.05) is 10.8 Å². The first-order valence-electron chi connectivity index (χ1n) is 5.43. The number of anilines is 1. The smallest absolute Gasteiger partial charge is 0.137 e. The van der Waals surface area contributed by atoms with E-state index in [4.69, 9.17) is 5.73 Å². The van der Waals surface area contributed by atoms with Crippen molar-refractivity contribution in [2.45, 2.75) is 45.4 Å². The van der Waals surface area contributed by atoms with Gasteiger partial charge in [-0.15, -0.1) is 11.3 Å². The molecule has 2 unspecified atom stereocenters. The Hall–Kier alpha value is -0.570. The lowest BCUT2D eigenvalue weighted by molar-refractivity contribution is 0.521. The molecular formula is C11H18N2S. The van der Waals surface area contributed by atoms with Crippen LogP contribution < -0.4 is 5.73 Å². The van der Waals surface area contributed by atoms with Crippen LogP contribution in [0.3, 0.4) is 0 Å². The van der Waals surface area contributed by atoms with E-state index in [2.05, 4.69) is 18.8 Å². The molecule has 78 valence electrons. The van der Waals surface area contributed by atoms with E-state index in [9.17, 15) is 0 Å². The molecule has 1 heterocycles.